The van der Waals surface area contributed by atoms with Crippen molar-refractivity contribution in [1.29, 1.82) is 0 Å². The maximum absolute atomic E-state index is 11.6. The van der Waals surface area contributed by atoms with Crippen molar-refractivity contribution in [3.8, 4) is 0 Å². The molecule has 0 aliphatic heterocycles. The van der Waals surface area contributed by atoms with Crippen LogP contribution in [0.1, 0.15) is 17.0 Å². The standard InChI is InChI=1S/C14H15N3O2/c1-10-8-13(17-19-10)9-16-14(18)7-4-11-2-5-12(15)6-3-11/h2-8H,9,15H2,1H3,(H,16,18)/b7-4+. The molecule has 0 saturated carbocycles. The summed E-state index contributed by atoms with van der Waals surface area (Å²) in [7, 11) is 0. The number of aromatic nitrogens is 1. The first-order valence-electron chi connectivity index (χ1n) is 5.87. The van der Waals surface area contributed by atoms with Crippen molar-refractivity contribution in [2.45, 2.75) is 13.5 Å². The zero-order chi connectivity index (χ0) is 13.7. The van der Waals surface area contributed by atoms with Crippen LogP contribution >= 0.6 is 0 Å². The lowest BCUT2D eigenvalue weighted by Crippen LogP contribution is -2.20. The Bertz CT molecular complexity index is 585. The average Bonchev–Trinajstić information content (AvgIpc) is 2.81. The molecule has 1 amide bonds. The first-order valence-corrected chi connectivity index (χ1v) is 5.87. The van der Waals surface area contributed by atoms with Crippen molar-refractivity contribution in [2.75, 3.05) is 5.73 Å². The molecule has 0 bridgehead atoms. The smallest absolute Gasteiger partial charge is 0.244 e. The molecule has 0 radical (unpaired) electrons. The van der Waals surface area contributed by atoms with E-state index in [0.717, 1.165) is 11.3 Å². The van der Waals surface area contributed by atoms with Crippen molar-refractivity contribution in [3.63, 3.8) is 0 Å². The van der Waals surface area contributed by atoms with Gasteiger partial charge in [-0.2, -0.15) is 0 Å². The number of nitrogens with two attached hydrogens (primary N) is 1. The third-order valence-electron chi connectivity index (χ3n) is 2.48. The Morgan fingerprint density at radius 2 is 2.16 bits per heavy atom. The monoisotopic (exact) mass is 257 g/mol. The first kappa shape index (κ1) is 12.9. The predicted molar refractivity (Wildman–Crippen MR) is 73.0 cm³/mol. The summed E-state index contributed by atoms with van der Waals surface area (Å²) in [6, 6.07) is 9.05. The van der Waals surface area contributed by atoms with E-state index in [1.807, 2.05) is 12.1 Å². The van der Waals surface area contributed by atoms with E-state index in [4.69, 9.17) is 10.3 Å². The fraction of sp³-hybridized carbons (Fsp3) is 0.143. The van der Waals surface area contributed by atoms with Gasteiger partial charge in [-0.25, -0.2) is 0 Å². The predicted octanol–water partition coefficient (Wildman–Crippen LogP) is 1.89. The van der Waals surface area contributed by atoms with E-state index in [0.29, 0.717) is 17.9 Å². The summed E-state index contributed by atoms with van der Waals surface area (Å²) in [5.74, 6) is 0.541. The molecule has 0 saturated heterocycles. The van der Waals surface area contributed by atoms with Gasteiger partial charge in [0.25, 0.3) is 0 Å². The molecule has 0 unspecified atom stereocenters. The maximum atomic E-state index is 11.6. The number of aryl methyl sites for hydroxylation is 1. The molecular formula is C14H15N3O2. The summed E-state index contributed by atoms with van der Waals surface area (Å²) in [4.78, 5) is 11.6. The van der Waals surface area contributed by atoms with Gasteiger partial charge >= 0.3 is 0 Å². The number of nitrogens with zero attached hydrogens (tertiary/aromatic N) is 1. The summed E-state index contributed by atoms with van der Waals surface area (Å²) in [6.07, 6.45) is 3.20. The molecule has 5 nitrogen and oxygen atoms in total. The molecule has 0 fully saturated rings. The Labute approximate surface area is 111 Å². The molecule has 0 aliphatic rings. The summed E-state index contributed by atoms with van der Waals surface area (Å²) < 4.78 is 4.91. The van der Waals surface area contributed by atoms with E-state index in [1.54, 1.807) is 31.2 Å². The van der Waals surface area contributed by atoms with Crippen LogP contribution in [0.3, 0.4) is 0 Å². The maximum Gasteiger partial charge on any atom is 0.244 e. The quantitative estimate of drug-likeness (QED) is 0.647. The largest absolute Gasteiger partial charge is 0.399 e. The minimum Gasteiger partial charge on any atom is -0.399 e. The molecule has 1 aromatic carbocycles. The molecule has 5 heteroatoms. The first-order chi connectivity index (χ1) is 9.13. The second kappa shape index (κ2) is 5.86. The third kappa shape index (κ3) is 3.99. The number of hydrogen-bond donors (Lipinski definition) is 2. The number of carbonyl (C=O) groups is 1. The van der Waals surface area contributed by atoms with Gasteiger partial charge in [0.15, 0.2) is 0 Å². The van der Waals surface area contributed by atoms with Gasteiger partial charge in [0.2, 0.25) is 5.91 Å². The lowest BCUT2D eigenvalue weighted by atomic mass is 10.2. The van der Waals surface area contributed by atoms with Crippen molar-refractivity contribution in [3.05, 3.63) is 53.4 Å². The van der Waals surface area contributed by atoms with Gasteiger partial charge in [-0.1, -0.05) is 17.3 Å². The van der Waals surface area contributed by atoms with E-state index in [1.165, 1.54) is 6.08 Å². The van der Waals surface area contributed by atoms with Crippen molar-refractivity contribution >= 4 is 17.7 Å². The molecule has 1 heterocycles. The highest BCUT2D eigenvalue weighted by Crippen LogP contribution is 2.07. The minimum atomic E-state index is -0.183. The molecule has 19 heavy (non-hydrogen) atoms. The molecule has 0 atom stereocenters. The molecule has 2 rings (SSSR count). The highest BCUT2D eigenvalue weighted by Gasteiger charge is 2.01. The second-order valence-electron chi connectivity index (χ2n) is 4.15. The molecule has 98 valence electrons. The van der Waals surface area contributed by atoms with E-state index in [9.17, 15) is 4.79 Å². The third-order valence-corrected chi connectivity index (χ3v) is 2.48. The summed E-state index contributed by atoms with van der Waals surface area (Å²) >= 11 is 0. The molecule has 0 spiro atoms. The van der Waals surface area contributed by atoms with E-state index < -0.39 is 0 Å². The normalized spacial score (nSPS) is 10.8. The Balaban J connectivity index is 1.85. The highest BCUT2D eigenvalue weighted by atomic mass is 16.5. The van der Waals surface area contributed by atoms with Gasteiger partial charge < -0.3 is 15.6 Å². The minimum absolute atomic E-state index is 0.183. The van der Waals surface area contributed by atoms with Gasteiger partial charge in [0.1, 0.15) is 11.5 Å². The number of hydrogen-bond acceptors (Lipinski definition) is 4. The number of nitrogens with one attached hydrogen (secondary N) is 1. The van der Waals surface area contributed by atoms with Crippen molar-refractivity contribution in [2.24, 2.45) is 0 Å². The Hall–Kier alpha value is -2.56. The molecular weight excluding hydrogens is 242 g/mol. The number of nitrogen functional groups attached to an aromatic ring is 1. The summed E-state index contributed by atoms with van der Waals surface area (Å²) in [5.41, 5.74) is 7.89. The molecule has 3 N–H and O–H groups in total. The fourth-order valence-corrected chi connectivity index (χ4v) is 1.52. The summed E-state index contributed by atoms with van der Waals surface area (Å²) in [6.45, 7) is 2.15. The van der Waals surface area contributed by atoms with Crippen LogP contribution in [0.15, 0.2) is 40.9 Å². The topological polar surface area (TPSA) is 81.2 Å². The average molecular weight is 257 g/mol. The molecule has 2 aromatic rings. The highest BCUT2D eigenvalue weighted by molar-refractivity contribution is 5.91. The van der Waals surface area contributed by atoms with E-state index >= 15 is 0 Å². The van der Waals surface area contributed by atoms with Gasteiger partial charge in [0.05, 0.1) is 6.54 Å². The second-order valence-corrected chi connectivity index (χ2v) is 4.15. The number of carbonyl (C=O) groups excluding carboxylic acids is 1. The lowest BCUT2D eigenvalue weighted by Gasteiger charge is -1.98. The van der Waals surface area contributed by atoms with E-state index in [-0.39, 0.29) is 5.91 Å². The number of benzene rings is 1. The van der Waals surface area contributed by atoms with Crippen LogP contribution in [-0.2, 0) is 11.3 Å². The molecule has 0 aliphatic carbocycles. The zero-order valence-electron chi connectivity index (χ0n) is 10.6. The van der Waals surface area contributed by atoms with Crippen LogP contribution < -0.4 is 11.1 Å². The summed E-state index contributed by atoms with van der Waals surface area (Å²) in [5, 5.41) is 6.51. The van der Waals surface area contributed by atoms with Crippen LogP contribution in [0.4, 0.5) is 5.69 Å². The van der Waals surface area contributed by atoms with Crippen molar-refractivity contribution < 1.29 is 9.32 Å². The number of rotatable bonds is 4. The number of amides is 1. The van der Waals surface area contributed by atoms with Gasteiger partial charge in [-0.15, -0.1) is 0 Å². The zero-order valence-corrected chi connectivity index (χ0v) is 10.6. The van der Waals surface area contributed by atoms with Crippen LogP contribution in [0.2, 0.25) is 0 Å². The SMILES string of the molecule is Cc1cc(CNC(=O)/C=C/c2ccc(N)cc2)no1. The van der Waals surface area contributed by atoms with Crippen LogP contribution in [0.25, 0.3) is 6.08 Å². The van der Waals surface area contributed by atoms with Crippen molar-refractivity contribution in [1.82, 2.24) is 10.5 Å². The lowest BCUT2D eigenvalue weighted by molar-refractivity contribution is -0.116. The van der Waals surface area contributed by atoms with Gasteiger partial charge in [-0.3, -0.25) is 4.79 Å². The van der Waals surface area contributed by atoms with Gasteiger partial charge in [-0.05, 0) is 30.7 Å². The number of anilines is 1. The van der Waals surface area contributed by atoms with Crippen LogP contribution in [-0.4, -0.2) is 11.1 Å². The Morgan fingerprint density at radius 1 is 1.42 bits per heavy atom. The Kier molecular flexibility index (Phi) is 3.97. The Morgan fingerprint density at radius 3 is 2.79 bits per heavy atom. The van der Waals surface area contributed by atoms with Crippen LogP contribution in [0, 0.1) is 6.92 Å². The molecule has 1 aromatic heterocycles. The van der Waals surface area contributed by atoms with Gasteiger partial charge in [0, 0.05) is 17.8 Å². The fourth-order valence-electron chi connectivity index (χ4n) is 1.52. The van der Waals surface area contributed by atoms with E-state index in [2.05, 4.69) is 10.5 Å². The van der Waals surface area contributed by atoms with Crippen LogP contribution in [0.5, 0.6) is 0 Å².